The van der Waals surface area contributed by atoms with Crippen molar-refractivity contribution in [1.29, 1.82) is 0 Å². The highest BCUT2D eigenvalue weighted by molar-refractivity contribution is 6.32. The molecule has 1 aromatic carbocycles. The number of likely N-dealkylation sites (N-methyl/N-ethyl adjacent to an activating group) is 1. The summed E-state index contributed by atoms with van der Waals surface area (Å²) in [5.74, 6) is -8.81. The Kier molecular flexibility index (Phi) is 7.83. The number of nitrogens with two attached hydrogens (primary N) is 1. The van der Waals surface area contributed by atoms with E-state index in [9.17, 15) is 34.2 Å². The molecule has 1 aromatic rings. The second-order valence-corrected chi connectivity index (χ2v) is 13.1. The smallest absolute Gasteiger partial charge is 0.235 e. The molecule has 4 N–H and O–H groups in total. The molecule has 3 fully saturated rings. The van der Waals surface area contributed by atoms with Gasteiger partial charge >= 0.3 is 0 Å². The van der Waals surface area contributed by atoms with Gasteiger partial charge in [0.05, 0.1) is 24.6 Å². The molecule has 0 aromatic heterocycles. The number of Topliss-reactive ketones (excluding diaryl/α,β-unsaturated/α-hetero) is 4. The third-order valence-corrected chi connectivity index (χ3v) is 10.3. The number of aliphatic hydroxyl groups is 1. The highest BCUT2D eigenvalue weighted by Gasteiger charge is 2.69. The van der Waals surface area contributed by atoms with Crippen molar-refractivity contribution in [2.24, 2.45) is 41.2 Å². The maximum absolute atomic E-state index is 14.0. The molecule has 0 spiro atoms. The number of phenols is 1. The van der Waals surface area contributed by atoms with Crippen LogP contribution in [-0.2, 0) is 32.1 Å². The van der Waals surface area contributed by atoms with Crippen molar-refractivity contribution in [2.75, 3.05) is 34.3 Å². The molecule has 3 aliphatic carbocycles. The van der Waals surface area contributed by atoms with Crippen molar-refractivity contribution in [2.45, 2.75) is 57.7 Å². The second kappa shape index (κ2) is 10.8. The number of ketones is 4. The van der Waals surface area contributed by atoms with Crippen molar-refractivity contribution in [3.8, 4) is 11.5 Å². The van der Waals surface area contributed by atoms with E-state index in [2.05, 4.69) is 18.7 Å². The molecular formula is C31H41N3O8. The summed E-state index contributed by atoms with van der Waals surface area (Å²) in [6, 6.07) is 0.368. The van der Waals surface area contributed by atoms with Crippen molar-refractivity contribution in [3.05, 3.63) is 22.8 Å². The molecule has 1 amide bonds. The molecule has 11 nitrogen and oxygen atoms in total. The number of nitrogens with zero attached hydrogens (tertiary/aromatic N) is 2. The summed E-state index contributed by atoms with van der Waals surface area (Å²) >= 11 is 0. The van der Waals surface area contributed by atoms with Crippen LogP contribution >= 0.6 is 0 Å². The van der Waals surface area contributed by atoms with E-state index >= 15 is 0 Å². The number of benzene rings is 1. The molecule has 11 heteroatoms. The Hall–Kier alpha value is -3.15. The fourth-order valence-corrected chi connectivity index (χ4v) is 8.11. The summed E-state index contributed by atoms with van der Waals surface area (Å²) in [4.78, 5) is 70.5. The maximum Gasteiger partial charge on any atom is 0.235 e. The van der Waals surface area contributed by atoms with Crippen LogP contribution in [0.4, 0.5) is 0 Å². The molecule has 6 atom stereocenters. The zero-order valence-electron chi connectivity index (χ0n) is 24.9. The lowest BCUT2D eigenvalue weighted by Gasteiger charge is -2.52. The number of primary amides is 1. The molecule has 0 bridgehead atoms. The van der Waals surface area contributed by atoms with Crippen molar-refractivity contribution in [3.63, 3.8) is 0 Å². The quantitative estimate of drug-likeness (QED) is 0.407. The SMILES string of the molecule is COc1c(CN2CCC(C(C)C)CC2)cc(O)c2c1C[C@H]1C[C@H]3[C@H](N(C)C)C(=O)C(C(N)=O)C(=O)[C@@]3(O)C(=O)C1C2=O. The van der Waals surface area contributed by atoms with E-state index in [0.29, 0.717) is 29.7 Å². The van der Waals surface area contributed by atoms with Gasteiger partial charge in [0.15, 0.2) is 34.7 Å². The number of rotatable bonds is 6. The number of carbonyl (C=O) groups excluding carboxylic acids is 5. The summed E-state index contributed by atoms with van der Waals surface area (Å²) in [6.45, 7) is 6.81. The molecule has 42 heavy (non-hydrogen) atoms. The van der Waals surface area contributed by atoms with E-state index in [-0.39, 0.29) is 24.2 Å². The Morgan fingerprint density at radius 3 is 2.36 bits per heavy atom. The number of likely N-dealkylation sites (tertiary alicyclic amines) is 1. The number of hydrogen-bond acceptors (Lipinski definition) is 10. The number of carbonyl (C=O) groups is 5. The minimum absolute atomic E-state index is 0.000749. The predicted octanol–water partition coefficient (Wildman–Crippen LogP) is 0.744. The van der Waals surface area contributed by atoms with Crippen LogP contribution in [0.15, 0.2) is 6.07 Å². The molecule has 228 valence electrons. The van der Waals surface area contributed by atoms with Crippen LogP contribution in [0.5, 0.6) is 11.5 Å². The topological polar surface area (TPSA) is 168 Å². The molecule has 1 saturated heterocycles. The number of hydrogen-bond donors (Lipinski definition) is 3. The lowest BCUT2D eigenvalue weighted by Crippen LogP contribution is -2.74. The van der Waals surface area contributed by atoms with Crippen LogP contribution in [0.1, 0.15) is 54.6 Å². The maximum atomic E-state index is 14.0. The van der Waals surface area contributed by atoms with Gasteiger partial charge in [0.25, 0.3) is 0 Å². The van der Waals surface area contributed by atoms with E-state index < -0.39 is 64.4 Å². The Morgan fingerprint density at radius 2 is 1.81 bits per heavy atom. The van der Waals surface area contributed by atoms with Crippen LogP contribution in [-0.4, -0.2) is 95.0 Å². The van der Waals surface area contributed by atoms with Crippen LogP contribution in [0.25, 0.3) is 0 Å². The van der Waals surface area contributed by atoms with Gasteiger partial charge in [-0.25, -0.2) is 0 Å². The number of methoxy groups -OCH3 is 1. The largest absolute Gasteiger partial charge is 0.507 e. The number of fused-ring (bicyclic) bond motifs is 3. The van der Waals surface area contributed by atoms with Gasteiger partial charge in [-0.3, -0.25) is 33.8 Å². The fraction of sp³-hybridized carbons (Fsp3) is 0.645. The van der Waals surface area contributed by atoms with Gasteiger partial charge in [-0.05, 0) is 76.7 Å². The first kappa shape index (κ1) is 30.3. The first-order valence-corrected chi connectivity index (χ1v) is 14.7. The number of ether oxygens (including phenoxy) is 1. The van der Waals surface area contributed by atoms with Crippen LogP contribution in [0, 0.1) is 35.5 Å². The van der Waals surface area contributed by atoms with Gasteiger partial charge < -0.3 is 20.7 Å². The van der Waals surface area contributed by atoms with Gasteiger partial charge in [-0.2, -0.15) is 0 Å². The molecule has 2 saturated carbocycles. The molecule has 5 rings (SSSR count). The lowest BCUT2D eigenvalue weighted by atomic mass is 9.52. The number of aromatic hydroxyl groups is 1. The van der Waals surface area contributed by atoms with Crippen LogP contribution in [0.3, 0.4) is 0 Å². The first-order chi connectivity index (χ1) is 19.7. The molecule has 2 unspecified atom stereocenters. The zero-order valence-corrected chi connectivity index (χ0v) is 24.9. The average molecular weight is 584 g/mol. The van der Waals surface area contributed by atoms with E-state index in [1.54, 1.807) is 14.1 Å². The Labute approximate surface area is 245 Å². The predicted molar refractivity (Wildman–Crippen MR) is 151 cm³/mol. The Morgan fingerprint density at radius 1 is 1.17 bits per heavy atom. The molecule has 1 aliphatic heterocycles. The minimum Gasteiger partial charge on any atom is -0.507 e. The van der Waals surface area contributed by atoms with E-state index in [1.165, 1.54) is 18.1 Å². The van der Waals surface area contributed by atoms with Crippen LogP contribution in [0.2, 0.25) is 0 Å². The Balaban J connectivity index is 1.53. The average Bonchev–Trinajstić information content (AvgIpc) is 2.90. The summed E-state index contributed by atoms with van der Waals surface area (Å²) in [5, 5.41) is 22.8. The highest BCUT2D eigenvalue weighted by atomic mass is 16.5. The summed E-state index contributed by atoms with van der Waals surface area (Å²) in [7, 11) is 4.63. The third kappa shape index (κ3) is 4.48. The van der Waals surface area contributed by atoms with Gasteiger partial charge in [0, 0.05) is 23.6 Å². The van der Waals surface area contributed by atoms with Crippen molar-refractivity contribution in [1.82, 2.24) is 9.80 Å². The minimum atomic E-state index is -2.74. The molecule has 1 heterocycles. The number of piperidine rings is 1. The summed E-state index contributed by atoms with van der Waals surface area (Å²) in [6.07, 6.45) is 2.33. The van der Waals surface area contributed by atoms with E-state index in [1.807, 2.05) is 0 Å². The van der Waals surface area contributed by atoms with Crippen LogP contribution < -0.4 is 10.5 Å². The molecule has 4 aliphatic rings. The van der Waals surface area contributed by atoms with E-state index in [0.717, 1.165) is 31.5 Å². The monoisotopic (exact) mass is 583 g/mol. The fourth-order valence-electron chi connectivity index (χ4n) is 8.11. The van der Waals surface area contributed by atoms with Gasteiger partial charge in [-0.15, -0.1) is 0 Å². The summed E-state index contributed by atoms with van der Waals surface area (Å²) in [5.41, 5.74) is 3.80. The normalized spacial score (nSPS) is 32.1. The van der Waals surface area contributed by atoms with Crippen molar-refractivity contribution >= 4 is 29.0 Å². The first-order valence-electron chi connectivity index (χ1n) is 14.7. The molecular weight excluding hydrogens is 542 g/mol. The van der Waals surface area contributed by atoms with Gasteiger partial charge in [0.1, 0.15) is 11.5 Å². The van der Waals surface area contributed by atoms with E-state index in [4.69, 9.17) is 10.5 Å². The third-order valence-electron chi connectivity index (χ3n) is 10.3. The lowest BCUT2D eigenvalue weighted by molar-refractivity contribution is -0.181. The Bertz CT molecular complexity index is 1350. The van der Waals surface area contributed by atoms with Gasteiger partial charge in [-0.1, -0.05) is 13.8 Å². The second-order valence-electron chi connectivity index (χ2n) is 13.1. The zero-order chi connectivity index (χ0) is 30.8. The van der Waals surface area contributed by atoms with Gasteiger partial charge in [0.2, 0.25) is 5.91 Å². The number of phenolic OH excluding ortho intramolecular Hbond substituents is 1. The number of amides is 1. The van der Waals surface area contributed by atoms with Crippen molar-refractivity contribution < 1.29 is 38.9 Å². The highest BCUT2D eigenvalue weighted by Crippen LogP contribution is 2.52. The molecule has 0 radical (unpaired) electrons. The standard InChI is InChI=1S/C31H41N3O8/c1-14(2)15-6-8-34(9-7-15)13-17-12-20(35)22-18(27(17)42-5)10-16-11-19-24(33(3)4)26(37)23(30(32)40)29(39)31(19,41)28(38)21(16)25(22)36/h12,14-16,19,21,23-24,35,41H,6-11,13H2,1-5H3,(H2,32,40)/t16-,19-,21?,23?,24-,31-/m0/s1. The summed E-state index contributed by atoms with van der Waals surface area (Å²) < 4.78 is 5.82.